The number of ether oxygens (including phenoxy) is 1. The third-order valence-corrected chi connectivity index (χ3v) is 5.79. The number of nitro benzene ring substituents is 1. The zero-order valence-corrected chi connectivity index (χ0v) is 16.3. The summed E-state index contributed by atoms with van der Waals surface area (Å²) in [7, 11) is -2.25. The maximum atomic E-state index is 13.4. The van der Waals surface area contributed by atoms with Gasteiger partial charge in [0.25, 0.3) is 5.69 Å². The first-order valence-corrected chi connectivity index (χ1v) is 10.4. The third-order valence-electron chi connectivity index (χ3n) is 4.67. The van der Waals surface area contributed by atoms with E-state index in [-0.39, 0.29) is 10.7 Å². The van der Waals surface area contributed by atoms with Gasteiger partial charge < -0.3 is 14.5 Å². The molecule has 1 aliphatic rings. The van der Waals surface area contributed by atoms with E-state index in [0.29, 0.717) is 37.6 Å². The molecule has 0 amide bonds. The molecule has 0 saturated carbocycles. The summed E-state index contributed by atoms with van der Waals surface area (Å²) in [5.74, 6) is 0.0709. The lowest BCUT2D eigenvalue weighted by Crippen LogP contribution is -2.46. The van der Waals surface area contributed by atoms with E-state index >= 15 is 0 Å². The number of rotatable bonds is 5. The van der Waals surface area contributed by atoms with Crippen molar-refractivity contribution in [3.8, 4) is 5.75 Å². The molecule has 0 unspecified atom stereocenters. The van der Waals surface area contributed by atoms with Crippen molar-refractivity contribution in [2.24, 2.45) is 0 Å². The molecule has 0 spiro atoms. The second-order valence-corrected chi connectivity index (χ2v) is 8.46. The monoisotopic (exact) mass is 409 g/mol. The van der Waals surface area contributed by atoms with Crippen LogP contribution in [0.4, 0.5) is 21.5 Å². The van der Waals surface area contributed by atoms with E-state index < -0.39 is 20.4 Å². The fourth-order valence-electron chi connectivity index (χ4n) is 3.27. The zero-order chi connectivity index (χ0) is 20.5. The number of methoxy groups -OCH3 is 1. The highest BCUT2D eigenvalue weighted by Gasteiger charge is 2.26. The molecule has 1 saturated heterocycles. The number of benzene rings is 2. The van der Waals surface area contributed by atoms with E-state index in [0.717, 1.165) is 11.9 Å². The lowest BCUT2D eigenvalue weighted by atomic mass is 10.2. The maximum Gasteiger partial charge on any atom is 0.288 e. The molecule has 0 atom stereocenters. The summed E-state index contributed by atoms with van der Waals surface area (Å²) in [6.07, 6.45) is 0.956. The molecule has 3 rings (SSSR count). The van der Waals surface area contributed by atoms with Gasteiger partial charge >= 0.3 is 0 Å². The van der Waals surface area contributed by atoms with Crippen molar-refractivity contribution in [3.05, 3.63) is 52.3 Å². The van der Waals surface area contributed by atoms with Crippen LogP contribution in [0.15, 0.2) is 41.3 Å². The van der Waals surface area contributed by atoms with Gasteiger partial charge in [0.15, 0.2) is 9.84 Å². The Kier molecular flexibility index (Phi) is 5.41. The van der Waals surface area contributed by atoms with Crippen LogP contribution in [0.25, 0.3) is 0 Å². The molecular weight excluding hydrogens is 389 g/mol. The van der Waals surface area contributed by atoms with Crippen molar-refractivity contribution >= 4 is 26.9 Å². The summed E-state index contributed by atoms with van der Waals surface area (Å²) in [6.45, 7) is 2.35. The van der Waals surface area contributed by atoms with Crippen molar-refractivity contribution < 1.29 is 22.5 Å². The molecule has 8 nitrogen and oxygen atoms in total. The molecule has 2 aromatic carbocycles. The highest BCUT2D eigenvalue weighted by atomic mass is 32.2. The summed E-state index contributed by atoms with van der Waals surface area (Å²) in [5.41, 5.74) is 0.960. The second kappa shape index (κ2) is 7.63. The molecule has 28 heavy (non-hydrogen) atoms. The highest BCUT2D eigenvalue weighted by molar-refractivity contribution is 7.90. The quantitative estimate of drug-likeness (QED) is 0.553. The lowest BCUT2D eigenvalue weighted by molar-refractivity contribution is -0.387. The van der Waals surface area contributed by atoms with E-state index in [4.69, 9.17) is 4.74 Å². The van der Waals surface area contributed by atoms with Crippen LogP contribution in [0.2, 0.25) is 0 Å². The molecule has 0 N–H and O–H groups in total. The van der Waals surface area contributed by atoms with Gasteiger partial charge in [-0.1, -0.05) is 0 Å². The van der Waals surface area contributed by atoms with Gasteiger partial charge in [-0.05, 0) is 24.3 Å². The average molecular weight is 409 g/mol. The van der Waals surface area contributed by atoms with Crippen LogP contribution in [0.1, 0.15) is 0 Å². The largest absolute Gasteiger partial charge is 0.494 e. The second-order valence-electron chi connectivity index (χ2n) is 6.47. The number of hydrogen-bond acceptors (Lipinski definition) is 7. The predicted molar refractivity (Wildman–Crippen MR) is 104 cm³/mol. The Hall–Kier alpha value is -2.88. The molecule has 2 aromatic rings. The van der Waals surface area contributed by atoms with Crippen molar-refractivity contribution in [1.29, 1.82) is 0 Å². The minimum atomic E-state index is -3.74. The fourth-order valence-corrected chi connectivity index (χ4v) is 4.12. The molecule has 0 aromatic heterocycles. The standard InChI is InChI=1S/C18H20FN3O5S/c1-27-17-11-13(19)3-5-15(17)21-9-7-20(8-10-21)14-4-6-16(22(23)24)18(12-14)28(2,25)26/h3-6,11-12H,7-10H2,1-2H3. The van der Waals surface area contributed by atoms with Gasteiger partial charge in [0.05, 0.1) is 17.7 Å². The van der Waals surface area contributed by atoms with Crippen LogP contribution in [-0.2, 0) is 9.84 Å². The van der Waals surface area contributed by atoms with Crippen LogP contribution in [-0.4, -0.2) is 52.9 Å². The van der Waals surface area contributed by atoms with Gasteiger partial charge in [-0.3, -0.25) is 10.1 Å². The van der Waals surface area contributed by atoms with Gasteiger partial charge in [-0.25, -0.2) is 12.8 Å². The van der Waals surface area contributed by atoms with Crippen molar-refractivity contribution in [1.82, 2.24) is 0 Å². The number of piperazine rings is 1. The van der Waals surface area contributed by atoms with Crippen molar-refractivity contribution in [3.63, 3.8) is 0 Å². The molecule has 0 aliphatic carbocycles. The predicted octanol–water partition coefficient (Wildman–Crippen LogP) is 2.47. The first kappa shape index (κ1) is 19.9. The Morgan fingerprint density at radius 2 is 1.71 bits per heavy atom. The molecule has 1 fully saturated rings. The number of nitrogens with zero attached hydrogens (tertiary/aromatic N) is 3. The van der Waals surface area contributed by atoms with Gasteiger partial charge in [0, 0.05) is 50.3 Å². The summed E-state index contributed by atoms with van der Waals surface area (Å²) in [5, 5.41) is 11.1. The summed E-state index contributed by atoms with van der Waals surface area (Å²) in [6, 6.07) is 8.50. The highest BCUT2D eigenvalue weighted by Crippen LogP contribution is 2.32. The minimum absolute atomic E-state index is 0.294. The normalized spacial score (nSPS) is 14.8. The van der Waals surface area contributed by atoms with E-state index in [9.17, 15) is 22.9 Å². The minimum Gasteiger partial charge on any atom is -0.494 e. The van der Waals surface area contributed by atoms with Crippen LogP contribution in [0.5, 0.6) is 5.75 Å². The van der Waals surface area contributed by atoms with Gasteiger partial charge in [-0.2, -0.15) is 0 Å². The molecule has 1 aliphatic heterocycles. The fraction of sp³-hybridized carbons (Fsp3) is 0.333. The Morgan fingerprint density at radius 1 is 1.07 bits per heavy atom. The van der Waals surface area contributed by atoms with Gasteiger partial charge in [0.1, 0.15) is 16.5 Å². The SMILES string of the molecule is COc1cc(F)ccc1N1CCN(c2ccc([N+](=O)[O-])c(S(C)(=O)=O)c2)CC1. The van der Waals surface area contributed by atoms with E-state index in [1.807, 2.05) is 4.90 Å². The van der Waals surface area contributed by atoms with E-state index in [1.165, 1.54) is 31.4 Å². The van der Waals surface area contributed by atoms with E-state index in [2.05, 4.69) is 4.90 Å². The molecule has 0 bridgehead atoms. The molecule has 150 valence electrons. The van der Waals surface area contributed by atoms with Crippen molar-refractivity contribution in [2.75, 3.05) is 49.3 Å². The number of anilines is 2. The van der Waals surface area contributed by atoms with Crippen molar-refractivity contribution in [2.45, 2.75) is 4.90 Å². The van der Waals surface area contributed by atoms with Crippen LogP contribution >= 0.6 is 0 Å². The Labute approximate surface area is 162 Å². The lowest BCUT2D eigenvalue weighted by Gasteiger charge is -2.37. The summed E-state index contributed by atoms with van der Waals surface area (Å²) >= 11 is 0. The first-order valence-electron chi connectivity index (χ1n) is 8.52. The van der Waals surface area contributed by atoms with Crippen LogP contribution < -0.4 is 14.5 Å². The molecule has 0 radical (unpaired) electrons. The number of nitro groups is 1. The maximum absolute atomic E-state index is 13.4. The summed E-state index contributed by atoms with van der Waals surface area (Å²) in [4.78, 5) is 14.1. The molecular formula is C18H20FN3O5S. The van der Waals surface area contributed by atoms with E-state index in [1.54, 1.807) is 12.1 Å². The molecule has 10 heteroatoms. The Morgan fingerprint density at radius 3 is 2.29 bits per heavy atom. The topological polar surface area (TPSA) is 93.0 Å². The Bertz CT molecular complexity index is 1000. The number of sulfone groups is 1. The average Bonchev–Trinajstić information content (AvgIpc) is 2.67. The summed E-state index contributed by atoms with van der Waals surface area (Å²) < 4.78 is 42.6. The van der Waals surface area contributed by atoms with Crippen LogP contribution in [0, 0.1) is 15.9 Å². The first-order chi connectivity index (χ1) is 13.2. The Balaban J connectivity index is 1.81. The van der Waals surface area contributed by atoms with Crippen LogP contribution in [0.3, 0.4) is 0 Å². The van der Waals surface area contributed by atoms with Gasteiger partial charge in [-0.15, -0.1) is 0 Å². The zero-order valence-electron chi connectivity index (χ0n) is 15.5. The van der Waals surface area contributed by atoms with Gasteiger partial charge in [0.2, 0.25) is 0 Å². The smallest absolute Gasteiger partial charge is 0.288 e. The third kappa shape index (κ3) is 4.01. The number of halogens is 1. The molecule has 1 heterocycles. The number of hydrogen-bond donors (Lipinski definition) is 0.